The minimum atomic E-state index is 0.0237. The van der Waals surface area contributed by atoms with Gasteiger partial charge in [0.05, 0.1) is 6.61 Å². The molecule has 0 atom stereocenters. The summed E-state index contributed by atoms with van der Waals surface area (Å²) in [5, 5.41) is 0. The Bertz CT molecular complexity index is 554. The van der Waals surface area contributed by atoms with Gasteiger partial charge in [0, 0.05) is 6.42 Å². The van der Waals surface area contributed by atoms with Gasteiger partial charge >= 0.3 is 5.97 Å². The average molecular weight is 619 g/mol. The summed E-state index contributed by atoms with van der Waals surface area (Å²) < 4.78 is 5.46. The van der Waals surface area contributed by atoms with Crippen LogP contribution in [0.1, 0.15) is 245 Å². The quantitative estimate of drug-likeness (QED) is 0.0391. The van der Waals surface area contributed by atoms with Crippen LogP contribution in [0.3, 0.4) is 0 Å². The molecule has 2 nitrogen and oxygen atoms in total. The third-order valence-corrected chi connectivity index (χ3v) is 9.40. The summed E-state index contributed by atoms with van der Waals surface area (Å²) in [6.07, 6.45) is 53.0. The van der Waals surface area contributed by atoms with Gasteiger partial charge in [-0.15, -0.1) is 0 Å². The van der Waals surface area contributed by atoms with Gasteiger partial charge in [-0.05, 0) is 38.5 Å². The summed E-state index contributed by atoms with van der Waals surface area (Å²) in [6, 6.07) is 0. The highest BCUT2D eigenvalue weighted by Gasteiger charge is 2.03. The molecule has 262 valence electrons. The molecule has 0 aromatic carbocycles. The number of unbranched alkanes of at least 4 members (excludes halogenated alkanes) is 32. The second-order valence-corrected chi connectivity index (χ2v) is 14.0. The van der Waals surface area contributed by atoms with Crippen molar-refractivity contribution in [3.8, 4) is 0 Å². The Morgan fingerprint density at radius 3 is 0.977 bits per heavy atom. The molecule has 0 aromatic rings. The van der Waals surface area contributed by atoms with E-state index in [-0.39, 0.29) is 5.97 Å². The molecule has 0 heterocycles. The second-order valence-electron chi connectivity index (χ2n) is 14.0. The van der Waals surface area contributed by atoms with Gasteiger partial charge in [-0.25, -0.2) is 0 Å². The Hall–Kier alpha value is -0.790. The first-order valence-corrected chi connectivity index (χ1v) is 20.6. The summed E-state index contributed by atoms with van der Waals surface area (Å²) in [7, 11) is 0. The number of ether oxygens (including phenoxy) is 1. The summed E-state index contributed by atoms with van der Waals surface area (Å²) in [4.78, 5) is 12.0. The van der Waals surface area contributed by atoms with E-state index in [9.17, 15) is 4.79 Å². The van der Waals surface area contributed by atoms with Crippen LogP contribution in [-0.4, -0.2) is 12.6 Å². The molecule has 0 aliphatic carbocycles. The van der Waals surface area contributed by atoms with E-state index in [1.165, 1.54) is 212 Å². The maximum atomic E-state index is 12.0. The van der Waals surface area contributed by atoms with Crippen LogP contribution in [-0.2, 0) is 9.53 Å². The van der Waals surface area contributed by atoms with Crippen LogP contribution in [0.15, 0.2) is 12.2 Å². The second kappa shape index (κ2) is 40.2. The molecule has 2 heteroatoms. The van der Waals surface area contributed by atoms with Gasteiger partial charge in [0.2, 0.25) is 0 Å². The van der Waals surface area contributed by atoms with Crippen LogP contribution >= 0.6 is 0 Å². The molecular weight excluding hydrogens is 536 g/mol. The number of esters is 1. The Labute approximate surface area is 278 Å². The fourth-order valence-corrected chi connectivity index (χ4v) is 6.31. The van der Waals surface area contributed by atoms with Gasteiger partial charge < -0.3 is 4.74 Å². The third kappa shape index (κ3) is 39.2. The standard InChI is InChI=1S/C42H82O2/c1-3-5-7-9-11-13-15-17-19-21-22-23-24-25-26-28-30-32-34-36-38-40-42(43)44-41-39-37-35-33-31-29-27-20-18-16-14-12-10-8-6-4-2/h18,20H,3-17,19,21-41H2,1-2H3/b20-18-. The lowest BCUT2D eigenvalue weighted by Gasteiger charge is -2.05. The first-order valence-electron chi connectivity index (χ1n) is 20.6. The van der Waals surface area contributed by atoms with Gasteiger partial charge in [-0.3, -0.25) is 4.79 Å². The fourth-order valence-electron chi connectivity index (χ4n) is 6.31. The highest BCUT2D eigenvalue weighted by Crippen LogP contribution is 2.16. The van der Waals surface area contributed by atoms with E-state index in [0.29, 0.717) is 13.0 Å². The molecule has 0 saturated heterocycles. The topological polar surface area (TPSA) is 26.3 Å². The molecule has 0 radical (unpaired) electrons. The van der Waals surface area contributed by atoms with E-state index in [2.05, 4.69) is 26.0 Å². The lowest BCUT2D eigenvalue weighted by Crippen LogP contribution is -2.05. The van der Waals surface area contributed by atoms with E-state index in [1.807, 2.05) is 0 Å². The molecule has 0 saturated carbocycles. The summed E-state index contributed by atoms with van der Waals surface area (Å²) in [6.45, 7) is 5.20. The molecule has 0 bridgehead atoms. The van der Waals surface area contributed by atoms with Crippen molar-refractivity contribution in [1.29, 1.82) is 0 Å². The molecule has 0 amide bonds. The van der Waals surface area contributed by atoms with Crippen molar-refractivity contribution in [2.75, 3.05) is 6.61 Å². The number of hydrogen-bond acceptors (Lipinski definition) is 2. The normalized spacial score (nSPS) is 11.6. The Balaban J connectivity index is 3.17. The molecule has 0 unspecified atom stereocenters. The molecule has 0 N–H and O–H groups in total. The lowest BCUT2D eigenvalue weighted by molar-refractivity contribution is -0.143. The van der Waals surface area contributed by atoms with Crippen molar-refractivity contribution in [1.82, 2.24) is 0 Å². The van der Waals surface area contributed by atoms with Crippen molar-refractivity contribution in [3.63, 3.8) is 0 Å². The van der Waals surface area contributed by atoms with Gasteiger partial charge in [0.25, 0.3) is 0 Å². The minimum Gasteiger partial charge on any atom is -0.466 e. The maximum Gasteiger partial charge on any atom is 0.305 e. The Morgan fingerprint density at radius 2 is 0.636 bits per heavy atom. The van der Waals surface area contributed by atoms with Gasteiger partial charge in [0.1, 0.15) is 0 Å². The first-order chi connectivity index (χ1) is 21.8. The van der Waals surface area contributed by atoms with Crippen molar-refractivity contribution in [2.24, 2.45) is 0 Å². The fraction of sp³-hybridized carbons (Fsp3) is 0.929. The largest absolute Gasteiger partial charge is 0.466 e. The van der Waals surface area contributed by atoms with Crippen molar-refractivity contribution < 1.29 is 9.53 Å². The monoisotopic (exact) mass is 619 g/mol. The van der Waals surface area contributed by atoms with Crippen molar-refractivity contribution in [2.45, 2.75) is 245 Å². The van der Waals surface area contributed by atoms with Crippen molar-refractivity contribution >= 4 is 5.97 Å². The molecule has 0 fully saturated rings. The van der Waals surface area contributed by atoms with Gasteiger partial charge in [-0.2, -0.15) is 0 Å². The molecule has 44 heavy (non-hydrogen) atoms. The molecule has 0 aliphatic heterocycles. The third-order valence-electron chi connectivity index (χ3n) is 9.40. The molecular formula is C42H82O2. The van der Waals surface area contributed by atoms with E-state index in [1.54, 1.807) is 0 Å². The molecule has 0 spiro atoms. The number of carbonyl (C=O) groups is 1. The van der Waals surface area contributed by atoms with Gasteiger partial charge in [0.15, 0.2) is 0 Å². The Kier molecular flexibility index (Phi) is 39.5. The van der Waals surface area contributed by atoms with Crippen LogP contribution in [0.25, 0.3) is 0 Å². The minimum absolute atomic E-state index is 0.0237. The highest BCUT2D eigenvalue weighted by molar-refractivity contribution is 5.69. The zero-order valence-corrected chi connectivity index (χ0v) is 30.6. The molecule has 0 aromatic heterocycles. The predicted octanol–water partition coefficient (Wildman–Crippen LogP) is 15.2. The van der Waals surface area contributed by atoms with Gasteiger partial charge in [-0.1, -0.05) is 212 Å². The average Bonchev–Trinajstić information content (AvgIpc) is 3.03. The zero-order chi connectivity index (χ0) is 31.9. The van der Waals surface area contributed by atoms with Crippen LogP contribution in [0, 0.1) is 0 Å². The number of hydrogen-bond donors (Lipinski definition) is 0. The number of rotatable bonds is 38. The first kappa shape index (κ1) is 43.2. The highest BCUT2D eigenvalue weighted by atomic mass is 16.5. The number of carbonyl (C=O) groups excluding carboxylic acids is 1. The SMILES string of the molecule is CCCCCCCC/C=C\CCCCCCCCOC(=O)CCCCCCCCCCCCCCCCCCCCCCC. The van der Waals surface area contributed by atoms with Crippen LogP contribution in [0.4, 0.5) is 0 Å². The Morgan fingerprint density at radius 1 is 0.364 bits per heavy atom. The van der Waals surface area contributed by atoms with E-state index in [0.717, 1.165) is 12.8 Å². The smallest absolute Gasteiger partial charge is 0.305 e. The summed E-state index contributed by atoms with van der Waals surface area (Å²) >= 11 is 0. The van der Waals surface area contributed by atoms with Crippen LogP contribution in [0.2, 0.25) is 0 Å². The van der Waals surface area contributed by atoms with E-state index in [4.69, 9.17) is 4.74 Å². The van der Waals surface area contributed by atoms with Crippen LogP contribution in [0.5, 0.6) is 0 Å². The zero-order valence-electron chi connectivity index (χ0n) is 30.6. The summed E-state index contributed by atoms with van der Waals surface area (Å²) in [5.41, 5.74) is 0. The van der Waals surface area contributed by atoms with Crippen molar-refractivity contribution in [3.05, 3.63) is 12.2 Å². The maximum absolute atomic E-state index is 12.0. The summed E-state index contributed by atoms with van der Waals surface area (Å²) in [5.74, 6) is 0.0237. The van der Waals surface area contributed by atoms with E-state index < -0.39 is 0 Å². The van der Waals surface area contributed by atoms with E-state index >= 15 is 0 Å². The molecule has 0 rings (SSSR count). The molecule has 0 aliphatic rings. The lowest BCUT2D eigenvalue weighted by atomic mass is 10.0. The predicted molar refractivity (Wildman–Crippen MR) is 198 cm³/mol. The van der Waals surface area contributed by atoms with Crippen LogP contribution < -0.4 is 0 Å². The number of allylic oxidation sites excluding steroid dienone is 2.